The Morgan fingerprint density at radius 3 is 2.39 bits per heavy atom. The SMILES string of the molecule is c1ccc(COc2ccc3c(c2)[C@H]2CN(Cc4ccccc4)C[C@@H]2OC3)cc1. The molecule has 0 radical (unpaired) electrons. The first-order chi connectivity index (χ1) is 13.8. The van der Waals surface area contributed by atoms with Crippen LogP contribution in [0.2, 0.25) is 0 Å². The second-order valence-electron chi connectivity index (χ2n) is 7.77. The number of likely N-dealkylation sites (tertiary alicyclic amines) is 1. The number of ether oxygens (including phenoxy) is 2. The summed E-state index contributed by atoms with van der Waals surface area (Å²) in [6, 6.07) is 27.5. The summed E-state index contributed by atoms with van der Waals surface area (Å²) >= 11 is 0. The molecule has 3 aromatic carbocycles. The third kappa shape index (κ3) is 3.68. The van der Waals surface area contributed by atoms with E-state index in [1.165, 1.54) is 22.3 Å². The van der Waals surface area contributed by atoms with Crippen molar-refractivity contribution < 1.29 is 9.47 Å². The fourth-order valence-electron chi connectivity index (χ4n) is 4.37. The summed E-state index contributed by atoms with van der Waals surface area (Å²) in [5, 5.41) is 0. The summed E-state index contributed by atoms with van der Waals surface area (Å²) in [4.78, 5) is 2.51. The maximum absolute atomic E-state index is 6.18. The van der Waals surface area contributed by atoms with Crippen molar-refractivity contribution in [3.63, 3.8) is 0 Å². The van der Waals surface area contributed by atoms with Crippen molar-refractivity contribution in [2.75, 3.05) is 13.1 Å². The van der Waals surface area contributed by atoms with Gasteiger partial charge in [0, 0.05) is 25.6 Å². The number of rotatable bonds is 5. The smallest absolute Gasteiger partial charge is 0.120 e. The molecule has 3 nitrogen and oxygen atoms in total. The van der Waals surface area contributed by atoms with Gasteiger partial charge in [0.05, 0.1) is 12.7 Å². The number of benzene rings is 3. The van der Waals surface area contributed by atoms with Gasteiger partial charge in [-0.1, -0.05) is 66.7 Å². The van der Waals surface area contributed by atoms with Crippen LogP contribution in [0.3, 0.4) is 0 Å². The van der Waals surface area contributed by atoms with E-state index in [2.05, 4.69) is 65.6 Å². The van der Waals surface area contributed by atoms with Crippen molar-refractivity contribution in [2.45, 2.75) is 31.8 Å². The van der Waals surface area contributed by atoms with Gasteiger partial charge in [0.25, 0.3) is 0 Å². The zero-order chi connectivity index (χ0) is 18.8. The molecule has 1 fully saturated rings. The lowest BCUT2D eigenvalue weighted by atomic mass is 9.89. The van der Waals surface area contributed by atoms with Crippen molar-refractivity contribution >= 4 is 0 Å². The Morgan fingerprint density at radius 1 is 0.857 bits per heavy atom. The van der Waals surface area contributed by atoms with E-state index in [9.17, 15) is 0 Å². The van der Waals surface area contributed by atoms with Gasteiger partial charge in [0.1, 0.15) is 12.4 Å². The molecule has 0 aliphatic carbocycles. The molecule has 2 heterocycles. The van der Waals surface area contributed by atoms with Gasteiger partial charge in [-0.25, -0.2) is 0 Å². The first kappa shape index (κ1) is 17.5. The summed E-state index contributed by atoms with van der Waals surface area (Å²) in [5.74, 6) is 1.37. The van der Waals surface area contributed by atoms with Crippen molar-refractivity contribution in [3.8, 4) is 5.75 Å². The summed E-state index contributed by atoms with van der Waals surface area (Å²) < 4.78 is 12.3. The highest BCUT2D eigenvalue weighted by Crippen LogP contribution is 2.38. The molecule has 0 amide bonds. The molecule has 2 aliphatic heterocycles. The normalized spacial score (nSPS) is 21.1. The molecule has 0 aromatic heterocycles. The van der Waals surface area contributed by atoms with Crippen LogP contribution < -0.4 is 4.74 Å². The lowest BCUT2D eigenvalue weighted by Gasteiger charge is -2.28. The van der Waals surface area contributed by atoms with Gasteiger partial charge in [-0.05, 0) is 34.4 Å². The van der Waals surface area contributed by atoms with Crippen molar-refractivity contribution in [1.29, 1.82) is 0 Å². The third-order valence-electron chi connectivity index (χ3n) is 5.81. The number of nitrogens with zero attached hydrogens (tertiary/aromatic N) is 1. The van der Waals surface area contributed by atoms with Crippen LogP contribution in [0.25, 0.3) is 0 Å². The van der Waals surface area contributed by atoms with Crippen LogP contribution in [0.15, 0.2) is 78.9 Å². The van der Waals surface area contributed by atoms with E-state index in [0.29, 0.717) is 19.1 Å². The monoisotopic (exact) mass is 371 g/mol. The number of fused-ring (bicyclic) bond motifs is 3. The highest BCUT2D eigenvalue weighted by atomic mass is 16.5. The van der Waals surface area contributed by atoms with E-state index in [1.807, 2.05) is 18.2 Å². The predicted octanol–water partition coefficient (Wildman–Crippen LogP) is 4.76. The average molecular weight is 371 g/mol. The molecule has 3 heteroatoms. The first-order valence-electron chi connectivity index (χ1n) is 10.0. The van der Waals surface area contributed by atoms with Gasteiger partial charge in [-0.3, -0.25) is 4.90 Å². The number of hydrogen-bond donors (Lipinski definition) is 0. The van der Waals surface area contributed by atoms with Crippen molar-refractivity contribution in [2.24, 2.45) is 0 Å². The van der Waals surface area contributed by atoms with Crippen LogP contribution in [-0.4, -0.2) is 24.1 Å². The van der Waals surface area contributed by atoms with Gasteiger partial charge in [-0.15, -0.1) is 0 Å². The van der Waals surface area contributed by atoms with Crippen LogP contribution in [0.5, 0.6) is 5.75 Å². The molecule has 28 heavy (non-hydrogen) atoms. The van der Waals surface area contributed by atoms with Gasteiger partial charge < -0.3 is 9.47 Å². The molecule has 0 spiro atoms. The third-order valence-corrected chi connectivity index (χ3v) is 5.81. The Bertz CT molecular complexity index is 926. The zero-order valence-electron chi connectivity index (χ0n) is 16.0. The van der Waals surface area contributed by atoms with E-state index < -0.39 is 0 Å². The Balaban J connectivity index is 1.30. The quantitative estimate of drug-likeness (QED) is 0.645. The van der Waals surface area contributed by atoms with Crippen LogP contribution in [-0.2, 0) is 24.5 Å². The fourth-order valence-corrected chi connectivity index (χ4v) is 4.37. The summed E-state index contributed by atoms with van der Waals surface area (Å²) in [7, 11) is 0. The fraction of sp³-hybridized carbons (Fsp3) is 0.280. The van der Waals surface area contributed by atoms with Crippen LogP contribution in [0.4, 0.5) is 0 Å². The van der Waals surface area contributed by atoms with E-state index in [1.54, 1.807) is 0 Å². The highest BCUT2D eigenvalue weighted by molar-refractivity contribution is 5.40. The summed E-state index contributed by atoms with van der Waals surface area (Å²) in [6.07, 6.45) is 0.278. The molecule has 0 bridgehead atoms. The van der Waals surface area contributed by atoms with Crippen LogP contribution >= 0.6 is 0 Å². The molecule has 0 unspecified atom stereocenters. The minimum Gasteiger partial charge on any atom is -0.489 e. The molecule has 2 atom stereocenters. The molecule has 3 aromatic rings. The summed E-state index contributed by atoms with van der Waals surface area (Å²) in [6.45, 7) is 4.32. The Hall–Kier alpha value is -2.62. The standard InChI is InChI=1S/C25H25NO2/c1-3-7-19(8-4-1)14-26-15-24-23-13-22(27-17-20-9-5-2-6-10-20)12-11-21(23)18-28-25(24)16-26/h1-13,24-25H,14-18H2/t24-,25+/m1/s1. The largest absolute Gasteiger partial charge is 0.489 e. The second kappa shape index (κ2) is 7.78. The molecule has 142 valence electrons. The minimum atomic E-state index is 0.278. The second-order valence-corrected chi connectivity index (χ2v) is 7.77. The maximum Gasteiger partial charge on any atom is 0.120 e. The lowest BCUT2D eigenvalue weighted by molar-refractivity contribution is 0.0248. The van der Waals surface area contributed by atoms with Gasteiger partial charge in [0.15, 0.2) is 0 Å². The Morgan fingerprint density at radius 2 is 1.61 bits per heavy atom. The summed E-state index contributed by atoms with van der Waals surface area (Å²) in [5.41, 5.74) is 5.25. The zero-order valence-corrected chi connectivity index (χ0v) is 16.0. The predicted molar refractivity (Wildman–Crippen MR) is 110 cm³/mol. The van der Waals surface area contributed by atoms with E-state index in [4.69, 9.17) is 9.47 Å². The average Bonchev–Trinajstić information content (AvgIpc) is 3.16. The molecule has 0 saturated carbocycles. The van der Waals surface area contributed by atoms with Crippen LogP contribution in [0.1, 0.15) is 28.2 Å². The molecular weight excluding hydrogens is 346 g/mol. The van der Waals surface area contributed by atoms with E-state index in [0.717, 1.165) is 25.4 Å². The molecule has 1 saturated heterocycles. The van der Waals surface area contributed by atoms with E-state index in [-0.39, 0.29) is 6.10 Å². The molecule has 0 N–H and O–H groups in total. The number of hydrogen-bond acceptors (Lipinski definition) is 3. The van der Waals surface area contributed by atoms with Crippen LogP contribution in [0, 0.1) is 0 Å². The van der Waals surface area contributed by atoms with Gasteiger partial charge in [-0.2, -0.15) is 0 Å². The van der Waals surface area contributed by atoms with Gasteiger partial charge in [0.2, 0.25) is 0 Å². The van der Waals surface area contributed by atoms with Crippen molar-refractivity contribution in [3.05, 3.63) is 101 Å². The van der Waals surface area contributed by atoms with Crippen molar-refractivity contribution in [1.82, 2.24) is 4.90 Å². The van der Waals surface area contributed by atoms with Gasteiger partial charge >= 0.3 is 0 Å². The van der Waals surface area contributed by atoms with E-state index >= 15 is 0 Å². The first-order valence-corrected chi connectivity index (χ1v) is 10.0. The molecule has 2 aliphatic rings. The Labute approximate surface area is 166 Å². The lowest BCUT2D eigenvalue weighted by Crippen LogP contribution is -2.27. The Kier molecular flexibility index (Phi) is 4.86. The topological polar surface area (TPSA) is 21.7 Å². The molecular formula is C25H25NO2. The maximum atomic E-state index is 6.18. The minimum absolute atomic E-state index is 0.278. The molecule has 5 rings (SSSR count). The highest BCUT2D eigenvalue weighted by Gasteiger charge is 2.38.